The highest BCUT2D eigenvalue weighted by Crippen LogP contribution is 2.50. The maximum absolute atomic E-state index is 13.2. The van der Waals surface area contributed by atoms with Crippen molar-refractivity contribution in [2.45, 2.75) is 38.4 Å². The molecule has 4 rings (SSSR count). The van der Waals surface area contributed by atoms with Gasteiger partial charge in [-0.3, -0.25) is 9.59 Å². The summed E-state index contributed by atoms with van der Waals surface area (Å²) in [5.41, 5.74) is -0.0160. The number of carbonyl (C=O) groups is 2. The molecule has 0 aromatic heterocycles. The lowest BCUT2D eigenvalue weighted by Gasteiger charge is -2.39. The fourth-order valence-corrected chi connectivity index (χ4v) is 4.09. The molecule has 26 heavy (non-hydrogen) atoms. The monoisotopic (exact) mass is 358 g/mol. The Hall–Kier alpha value is -1.92. The van der Waals surface area contributed by atoms with Crippen LogP contribution >= 0.6 is 0 Å². The van der Waals surface area contributed by atoms with Gasteiger partial charge in [-0.25, -0.2) is 0 Å². The number of carbonyl (C=O) groups excluding carboxylic acids is 2. The van der Waals surface area contributed by atoms with E-state index in [2.05, 4.69) is 0 Å². The highest BCUT2D eigenvalue weighted by Gasteiger charge is 2.60. The summed E-state index contributed by atoms with van der Waals surface area (Å²) < 4.78 is 11.5. The first-order chi connectivity index (χ1) is 12.6. The second-order valence-electron chi connectivity index (χ2n) is 7.37. The molecule has 0 radical (unpaired) electrons. The molecule has 2 aliphatic heterocycles. The van der Waals surface area contributed by atoms with Crippen LogP contribution in [0.25, 0.3) is 0 Å². The quantitative estimate of drug-likeness (QED) is 0.774. The zero-order valence-corrected chi connectivity index (χ0v) is 15.3. The van der Waals surface area contributed by atoms with E-state index < -0.39 is 11.2 Å². The van der Waals surface area contributed by atoms with Crippen LogP contribution in [0.1, 0.15) is 32.6 Å². The largest absolute Gasteiger partial charge is 0.347 e. The summed E-state index contributed by atoms with van der Waals surface area (Å²) in [4.78, 5) is 30.0. The average Bonchev–Trinajstić information content (AvgIpc) is 3.38. The molecule has 6 nitrogen and oxygen atoms in total. The molecule has 1 saturated carbocycles. The van der Waals surface area contributed by atoms with E-state index in [1.54, 1.807) is 4.90 Å². The number of hydrogen-bond acceptors (Lipinski definition) is 4. The Bertz CT molecular complexity index is 670. The molecule has 140 valence electrons. The molecule has 6 heteroatoms. The first-order valence-corrected chi connectivity index (χ1v) is 9.55. The number of benzene rings is 1. The zero-order valence-electron chi connectivity index (χ0n) is 15.3. The highest BCUT2D eigenvalue weighted by molar-refractivity contribution is 6.14. The van der Waals surface area contributed by atoms with Gasteiger partial charge < -0.3 is 19.3 Å². The molecule has 3 fully saturated rings. The summed E-state index contributed by atoms with van der Waals surface area (Å²) >= 11 is 0. The summed E-state index contributed by atoms with van der Waals surface area (Å²) in [6.07, 6.45) is 2.64. The van der Waals surface area contributed by atoms with Crippen molar-refractivity contribution in [2.75, 3.05) is 37.7 Å². The van der Waals surface area contributed by atoms with Gasteiger partial charge in [-0.15, -0.1) is 0 Å². The van der Waals surface area contributed by atoms with E-state index in [4.69, 9.17) is 9.47 Å². The van der Waals surface area contributed by atoms with Crippen LogP contribution in [0.4, 0.5) is 5.69 Å². The number of ether oxygens (including phenoxy) is 2. The van der Waals surface area contributed by atoms with E-state index in [0.717, 1.165) is 5.69 Å². The van der Waals surface area contributed by atoms with E-state index in [1.807, 2.05) is 42.2 Å². The van der Waals surface area contributed by atoms with Crippen LogP contribution in [0.15, 0.2) is 30.3 Å². The number of piperidine rings is 1. The van der Waals surface area contributed by atoms with Crippen LogP contribution in [-0.2, 0) is 19.1 Å². The topological polar surface area (TPSA) is 59.1 Å². The summed E-state index contributed by atoms with van der Waals surface area (Å²) in [5.74, 6) is -0.591. The fraction of sp³-hybridized carbons (Fsp3) is 0.600. The number of amides is 2. The minimum Gasteiger partial charge on any atom is -0.347 e. The average molecular weight is 358 g/mol. The zero-order chi connectivity index (χ0) is 18.2. The van der Waals surface area contributed by atoms with Crippen LogP contribution < -0.4 is 4.90 Å². The number of likely N-dealkylation sites (tertiary alicyclic amines) is 1. The van der Waals surface area contributed by atoms with Gasteiger partial charge in [0.25, 0.3) is 0 Å². The normalized spacial score (nSPS) is 23.0. The van der Waals surface area contributed by atoms with Gasteiger partial charge in [0.2, 0.25) is 11.8 Å². The second kappa shape index (κ2) is 6.67. The SMILES string of the molecule is CCN(C(=O)C1(C(=O)N2CCC3(CC2)OCCO3)CC1)c1ccccc1. The summed E-state index contributed by atoms with van der Waals surface area (Å²) in [5, 5.41) is 0. The van der Waals surface area contributed by atoms with Crippen molar-refractivity contribution < 1.29 is 19.1 Å². The van der Waals surface area contributed by atoms with E-state index in [9.17, 15) is 9.59 Å². The maximum Gasteiger partial charge on any atom is 0.242 e. The van der Waals surface area contributed by atoms with Crippen molar-refractivity contribution in [3.05, 3.63) is 30.3 Å². The minimum atomic E-state index is -0.867. The van der Waals surface area contributed by atoms with Gasteiger partial charge in [0, 0.05) is 38.2 Å². The summed E-state index contributed by atoms with van der Waals surface area (Å²) in [6.45, 7) is 4.93. The molecule has 2 heterocycles. The lowest BCUT2D eigenvalue weighted by Crippen LogP contribution is -2.52. The Labute approximate surface area is 154 Å². The summed E-state index contributed by atoms with van der Waals surface area (Å²) in [6, 6.07) is 9.59. The Morgan fingerprint density at radius 1 is 1.04 bits per heavy atom. The predicted molar refractivity (Wildman–Crippen MR) is 96.6 cm³/mol. The van der Waals surface area contributed by atoms with Crippen LogP contribution in [-0.4, -0.2) is 55.3 Å². The Kier molecular flexibility index (Phi) is 4.49. The Balaban J connectivity index is 1.46. The third kappa shape index (κ3) is 2.91. The second-order valence-corrected chi connectivity index (χ2v) is 7.37. The van der Waals surface area contributed by atoms with Gasteiger partial charge in [0.15, 0.2) is 5.79 Å². The first-order valence-electron chi connectivity index (χ1n) is 9.55. The van der Waals surface area contributed by atoms with Gasteiger partial charge in [-0.05, 0) is 31.9 Å². The number of nitrogens with zero attached hydrogens (tertiary/aromatic N) is 2. The van der Waals surface area contributed by atoms with Crippen molar-refractivity contribution in [3.63, 3.8) is 0 Å². The van der Waals surface area contributed by atoms with Crippen molar-refractivity contribution in [1.29, 1.82) is 0 Å². The Morgan fingerprint density at radius 3 is 2.19 bits per heavy atom. The highest BCUT2D eigenvalue weighted by atomic mass is 16.7. The van der Waals surface area contributed by atoms with Crippen molar-refractivity contribution >= 4 is 17.5 Å². The lowest BCUT2D eigenvalue weighted by atomic mass is 9.98. The molecule has 1 aromatic rings. The van der Waals surface area contributed by atoms with Gasteiger partial charge in [-0.1, -0.05) is 18.2 Å². The number of anilines is 1. The molecule has 2 amide bonds. The van der Waals surface area contributed by atoms with Gasteiger partial charge in [0.1, 0.15) is 5.41 Å². The molecule has 0 N–H and O–H groups in total. The molecule has 1 spiro atoms. The van der Waals surface area contributed by atoms with Crippen LogP contribution in [0.3, 0.4) is 0 Å². The van der Waals surface area contributed by atoms with Gasteiger partial charge >= 0.3 is 0 Å². The predicted octanol–water partition coefficient (Wildman–Crippen LogP) is 2.19. The maximum atomic E-state index is 13.2. The molecule has 1 aliphatic carbocycles. The van der Waals surface area contributed by atoms with Crippen LogP contribution in [0, 0.1) is 5.41 Å². The third-order valence-electron chi connectivity index (χ3n) is 5.82. The van der Waals surface area contributed by atoms with Gasteiger partial charge in [-0.2, -0.15) is 0 Å². The van der Waals surface area contributed by atoms with E-state index in [-0.39, 0.29) is 11.8 Å². The molecular weight excluding hydrogens is 332 g/mol. The minimum absolute atomic E-state index is 0.0234. The number of hydrogen-bond donors (Lipinski definition) is 0. The third-order valence-corrected chi connectivity index (χ3v) is 5.82. The van der Waals surface area contributed by atoms with E-state index in [0.29, 0.717) is 58.5 Å². The fourth-order valence-electron chi connectivity index (χ4n) is 4.09. The van der Waals surface area contributed by atoms with E-state index in [1.165, 1.54) is 0 Å². The molecule has 3 aliphatic rings. The number of rotatable bonds is 4. The van der Waals surface area contributed by atoms with Crippen LogP contribution in [0.5, 0.6) is 0 Å². The van der Waals surface area contributed by atoms with Crippen molar-refractivity contribution in [1.82, 2.24) is 4.90 Å². The molecule has 0 bridgehead atoms. The van der Waals surface area contributed by atoms with Gasteiger partial charge in [0.05, 0.1) is 13.2 Å². The molecule has 0 atom stereocenters. The molecule has 0 unspecified atom stereocenters. The Morgan fingerprint density at radius 2 is 1.65 bits per heavy atom. The molecule has 1 aromatic carbocycles. The molecule has 2 saturated heterocycles. The number of para-hydroxylation sites is 1. The van der Waals surface area contributed by atoms with E-state index >= 15 is 0 Å². The van der Waals surface area contributed by atoms with Crippen molar-refractivity contribution in [2.24, 2.45) is 5.41 Å². The van der Waals surface area contributed by atoms with Crippen molar-refractivity contribution in [3.8, 4) is 0 Å². The smallest absolute Gasteiger partial charge is 0.242 e. The van der Waals surface area contributed by atoms with Crippen LogP contribution in [0.2, 0.25) is 0 Å². The summed E-state index contributed by atoms with van der Waals surface area (Å²) in [7, 11) is 0. The first kappa shape index (κ1) is 17.5. The standard InChI is InChI=1S/C20H26N2O4/c1-2-22(16-6-4-3-5-7-16)18(24)19(8-9-19)17(23)21-12-10-20(11-13-21)25-14-15-26-20/h3-7H,2,8-15H2,1H3. The lowest BCUT2D eigenvalue weighted by molar-refractivity contribution is -0.188. The molecular formula is C20H26N2O4.